The third-order valence-electron chi connectivity index (χ3n) is 4.39. The molecule has 0 N–H and O–H groups in total. The maximum atomic E-state index is 13.5. The molecule has 1 aliphatic heterocycles. The van der Waals surface area contributed by atoms with Crippen molar-refractivity contribution < 1.29 is 13.9 Å². The molecule has 3 rings (SSSR count). The van der Waals surface area contributed by atoms with Gasteiger partial charge in [-0.05, 0) is 54.8 Å². The number of rotatable bonds is 5. The Labute approximate surface area is 136 Å². The zero-order valence-electron chi connectivity index (χ0n) is 13.6. The molecule has 0 aliphatic carbocycles. The fraction of sp³-hybridized carbons (Fsp3) is 0.368. The third-order valence-corrected chi connectivity index (χ3v) is 4.39. The summed E-state index contributed by atoms with van der Waals surface area (Å²) >= 11 is 0. The summed E-state index contributed by atoms with van der Waals surface area (Å²) in [6.45, 7) is 1.81. The smallest absolute Gasteiger partial charge is 0.123 e. The topological polar surface area (TPSA) is 21.7 Å². The van der Waals surface area contributed by atoms with Gasteiger partial charge in [0.25, 0.3) is 0 Å². The molecule has 0 amide bonds. The SMILES string of the molecule is COc1cc(CN2CCCC2c2cccc(F)c2)cc(OC)c1. The molecule has 2 aromatic carbocycles. The highest BCUT2D eigenvalue weighted by atomic mass is 19.1. The normalized spacial score (nSPS) is 18.1. The second-order valence-electron chi connectivity index (χ2n) is 5.90. The van der Waals surface area contributed by atoms with Gasteiger partial charge >= 0.3 is 0 Å². The van der Waals surface area contributed by atoms with Crippen molar-refractivity contribution in [2.75, 3.05) is 20.8 Å². The number of halogens is 1. The highest BCUT2D eigenvalue weighted by Gasteiger charge is 2.26. The van der Waals surface area contributed by atoms with Gasteiger partial charge in [-0.1, -0.05) is 12.1 Å². The monoisotopic (exact) mass is 315 g/mol. The van der Waals surface area contributed by atoms with E-state index in [9.17, 15) is 4.39 Å². The van der Waals surface area contributed by atoms with Crippen molar-refractivity contribution in [3.8, 4) is 11.5 Å². The molecule has 1 saturated heterocycles. The zero-order valence-corrected chi connectivity index (χ0v) is 13.6. The highest BCUT2D eigenvalue weighted by molar-refractivity contribution is 5.38. The first-order valence-corrected chi connectivity index (χ1v) is 7.91. The minimum atomic E-state index is -0.169. The van der Waals surface area contributed by atoms with E-state index in [1.165, 1.54) is 6.07 Å². The summed E-state index contributed by atoms with van der Waals surface area (Å²) < 4.78 is 24.2. The molecule has 1 fully saturated rings. The molecule has 1 aliphatic rings. The Morgan fingerprint density at radius 3 is 2.48 bits per heavy atom. The molecule has 122 valence electrons. The molecule has 3 nitrogen and oxygen atoms in total. The molecule has 2 aromatic rings. The quantitative estimate of drug-likeness (QED) is 0.826. The fourth-order valence-corrected chi connectivity index (χ4v) is 3.30. The first-order chi connectivity index (χ1) is 11.2. The average molecular weight is 315 g/mol. The Morgan fingerprint density at radius 2 is 1.83 bits per heavy atom. The van der Waals surface area contributed by atoms with Gasteiger partial charge in [-0.2, -0.15) is 0 Å². The minimum Gasteiger partial charge on any atom is -0.497 e. The van der Waals surface area contributed by atoms with Crippen LogP contribution >= 0.6 is 0 Å². The van der Waals surface area contributed by atoms with Crippen LogP contribution < -0.4 is 9.47 Å². The molecule has 1 heterocycles. The molecule has 23 heavy (non-hydrogen) atoms. The molecule has 0 bridgehead atoms. The van der Waals surface area contributed by atoms with Crippen LogP contribution in [0.1, 0.15) is 30.0 Å². The van der Waals surface area contributed by atoms with Crippen molar-refractivity contribution >= 4 is 0 Å². The maximum absolute atomic E-state index is 13.5. The summed E-state index contributed by atoms with van der Waals surface area (Å²) in [7, 11) is 3.31. The van der Waals surface area contributed by atoms with Crippen LogP contribution in [0.5, 0.6) is 11.5 Å². The molecule has 0 aromatic heterocycles. The highest BCUT2D eigenvalue weighted by Crippen LogP contribution is 2.34. The third kappa shape index (κ3) is 3.64. The lowest BCUT2D eigenvalue weighted by Gasteiger charge is -2.25. The van der Waals surface area contributed by atoms with Crippen molar-refractivity contribution in [2.45, 2.75) is 25.4 Å². The largest absolute Gasteiger partial charge is 0.497 e. The van der Waals surface area contributed by atoms with Crippen molar-refractivity contribution in [1.29, 1.82) is 0 Å². The molecular weight excluding hydrogens is 293 g/mol. The molecule has 0 saturated carbocycles. The molecule has 1 atom stereocenters. The van der Waals surface area contributed by atoms with Crippen molar-refractivity contribution in [2.24, 2.45) is 0 Å². The van der Waals surface area contributed by atoms with E-state index < -0.39 is 0 Å². The minimum absolute atomic E-state index is 0.169. The number of nitrogens with zero attached hydrogens (tertiary/aromatic N) is 1. The van der Waals surface area contributed by atoms with Crippen molar-refractivity contribution in [1.82, 2.24) is 4.90 Å². The number of benzene rings is 2. The van der Waals surface area contributed by atoms with Gasteiger partial charge in [0.1, 0.15) is 17.3 Å². The molecular formula is C19H22FNO2. The van der Waals surface area contributed by atoms with Crippen LogP contribution in [0.25, 0.3) is 0 Å². The van der Waals surface area contributed by atoms with Crippen LogP contribution in [-0.2, 0) is 6.54 Å². The van der Waals surface area contributed by atoms with Gasteiger partial charge in [0.05, 0.1) is 14.2 Å². The number of likely N-dealkylation sites (tertiary alicyclic amines) is 1. The van der Waals surface area contributed by atoms with Crippen LogP contribution in [0.3, 0.4) is 0 Å². The van der Waals surface area contributed by atoms with E-state index in [2.05, 4.69) is 4.90 Å². The summed E-state index contributed by atoms with van der Waals surface area (Å²) in [4.78, 5) is 2.39. The second kappa shape index (κ2) is 7.01. The molecule has 0 radical (unpaired) electrons. The summed E-state index contributed by atoms with van der Waals surface area (Å²) in [6.07, 6.45) is 2.19. The molecule has 0 spiro atoms. The van der Waals surface area contributed by atoms with Crippen molar-refractivity contribution in [3.05, 3.63) is 59.4 Å². The summed E-state index contributed by atoms with van der Waals surface area (Å²) in [5.41, 5.74) is 2.20. The van der Waals surface area contributed by atoms with E-state index in [1.807, 2.05) is 24.3 Å². The molecule has 1 unspecified atom stereocenters. The Kier molecular flexibility index (Phi) is 4.82. The van der Waals surface area contributed by atoms with E-state index in [1.54, 1.807) is 26.4 Å². The van der Waals surface area contributed by atoms with E-state index in [0.29, 0.717) is 0 Å². The molecule has 4 heteroatoms. The van der Waals surface area contributed by atoms with Crippen LogP contribution in [0, 0.1) is 5.82 Å². The Morgan fingerprint density at radius 1 is 1.09 bits per heavy atom. The summed E-state index contributed by atoms with van der Waals surface area (Å²) in [5.74, 6) is 1.42. The van der Waals surface area contributed by atoms with Gasteiger partial charge in [0, 0.05) is 18.7 Å². The van der Waals surface area contributed by atoms with Gasteiger partial charge < -0.3 is 9.47 Å². The van der Waals surface area contributed by atoms with Crippen LogP contribution in [0.4, 0.5) is 4.39 Å². The number of ether oxygens (including phenoxy) is 2. The summed E-state index contributed by atoms with van der Waals surface area (Å²) in [6, 6.07) is 13.1. The first kappa shape index (κ1) is 15.8. The lowest BCUT2D eigenvalue weighted by molar-refractivity contribution is 0.247. The summed E-state index contributed by atoms with van der Waals surface area (Å²) in [5, 5.41) is 0. The first-order valence-electron chi connectivity index (χ1n) is 7.91. The van der Waals surface area contributed by atoms with Gasteiger partial charge in [-0.3, -0.25) is 4.90 Å². The lowest BCUT2D eigenvalue weighted by Crippen LogP contribution is -2.22. The lowest BCUT2D eigenvalue weighted by atomic mass is 10.0. The average Bonchev–Trinajstić information content (AvgIpc) is 3.02. The van der Waals surface area contributed by atoms with Crippen LogP contribution in [0.15, 0.2) is 42.5 Å². The van der Waals surface area contributed by atoms with Gasteiger partial charge in [-0.25, -0.2) is 4.39 Å². The number of methoxy groups -OCH3 is 2. The number of hydrogen-bond donors (Lipinski definition) is 0. The van der Waals surface area contributed by atoms with E-state index in [4.69, 9.17) is 9.47 Å². The Balaban J connectivity index is 1.81. The van der Waals surface area contributed by atoms with Crippen LogP contribution in [0.2, 0.25) is 0 Å². The van der Waals surface area contributed by atoms with E-state index in [0.717, 1.165) is 48.6 Å². The van der Waals surface area contributed by atoms with Crippen LogP contribution in [-0.4, -0.2) is 25.7 Å². The number of hydrogen-bond acceptors (Lipinski definition) is 3. The Bertz CT molecular complexity index is 652. The van der Waals surface area contributed by atoms with Crippen molar-refractivity contribution in [3.63, 3.8) is 0 Å². The Hall–Kier alpha value is -2.07. The fourth-order valence-electron chi connectivity index (χ4n) is 3.30. The van der Waals surface area contributed by atoms with E-state index >= 15 is 0 Å². The van der Waals surface area contributed by atoms with Gasteiger partial charge in [0.15, 0.2) is 0 Å². The van der Waals surface area contributed by atoms with Gasteiger partial charge in [-0.15, -0.1) is 0 Å². The predicted molar refractivity (Wildman–Crippen MR) is 88.3 cm³/mol. The van der Waals surface area contributed by atoms with Gasteiger partial charge in [0.2, 0.25) is 0 Å². The maximum Gasteiger partial charge on any atom is 0.123 e. The zero-order chi connectivity index (χ0) is 16.2. The standard InChI is InChI=1S/C19H22FNO2/c1-22-17-9-14(10-18(12-17)23-2)13-21-8-4-7-19(21)15-5-3-6-16(20)11-15/h3,5-6,9-12,19H,4,7-8,13H2,1-2H3. The second-order valence-corrected chi connectivity index (χ2v) is 5.90. The predicted octanol–water partition coefficient (Wildman–Crippen LogP) is 4.18. The van der Waals surface area contributed by atoms with E-state index in [-0.39, 0.29) is 11.9 Å².